The molecule has 1 aromatic rings. The number of hydrogen-bond acceptors (Lipinski definition) is 3. The average Bonchev–Trinajstić information content (AvgIpc) is 2.57. The minimum absolute atomic E-state index is 0.0393. The highest BCUT2D eigenvalue weighted by Gasteiger charge is 2.43. The van der Waals surface area contributed by atoms with Crippen molar-refractivity contribution in [3.8, 4) is 0 Å². The Kier molecular flexibility index (Phi) is 7.24. The van der Waals surface area contributed by atoms with E-state index >= 15 is 0 Å². The Hall–Kier alpha value is -1.40. The van der Waals surface area contributed by atoms with Crippen molar-refractivity contribution in [2.24, 2.45) is 11.3 Å². The van der Waals surface area contributed by atoms with Crippen LogP contribution in [0.15, 0.2) is 18.2 Å². The fraction of sp³-hybridized carbons (Fsp3) is 0.579. The monoisotopic (exact) mass is 399 g/mol. The van der Waals surface area contributed by atoms with E-state index in [4.69, 9.17) is 11.6 Å². The summed E-state index contributed by atoms with van der Waals surface area (Å²) in [6.07, 6.45) is 6.29. The van der Waals surface area contributed by atoms with Crippen LogP contribution in [0.25, 0.3) is 0 Å². The van der Waals surface area contributed by atoms with Crippen LogP contribution in [-0.2, 0) is 26.1 Å². The first kappa shape index (κ1) is 20.9. The maximum atomic E-state index is 13.1. The number of rotatable bonds is 7. The summed E-state index contributed by atoms with van der Waals surface area (Å²) in [6.45, 7) is 1.74. The van der Waals surface area contributed by atoms with Gasteiger partial charge in [-0.2, -0.15) is 0 Å². The van der Waals surface area contributed by atoms with Crippen LogP contribution in [0.1, 0.15) is 51.0 Å². The van der Waals surface area contributed by atoms with E-state index in [9.17, 15) is 18.9 Å². The maximum Gasteiger partial charge on any atom is 0.304 e. The Balaban J connectivity index is 2.26. The first-order valence-electron chi connectivity index (χ1n) is 8.84. The van der Waals surface area contributed by atoms with Gasteiger partial charge in [-0.25, -0.2) is 0 Å². The van der Waals surface area contributed by atoms with Gasteiger partial charge in [0.15, 0.2) is 0 Å². The highest BCUT2D eigenvalue weighted by Crippen LogP contribution is 2.42. The van der Waals surface area contributed by atoms with E-state index < -0.39 is 22.2 Å². The van der Waals surface area contributed by atoms with E-state index in [0.29, 0.717) is 16.5 Å². The molecule has 0 radical (unpaired) electrons. The van der Waals surface area contributed by atoms with Crippen molar-refractivity contribution in [2.75, 3.05) is 11.6 Å². The summed E-state index contributed by atoms with van der Waals surface area (Å²) in [4.78, 5) is 24.5. The number of amides is 1. The number of carboxylic acids is 1. The van der Waals surface area contributed by atoms with Crippen LogP contribution in [0.5, 0.6) is 0 Å². The van der Waals surface area contributed by atoms with Gasteiger partial charge in [0.1, 0.15) is 0 Å². The smallest absolute Gasteiger partial charge is 0.304 e. The summed E-state index contributed by atoms with van der Waals surface area (Å²) >= 11 is 6.21. The number of benzene rings is 1. The van der Waals surface area contributed by atoms with Gasteiger partial charge in [-0.15, -0.1) is 0 Å². The Morgan fingerprint density at radius 3 is 2.54 bits per heavy atom. The molecule has 0 aromatic heterocycles. The molecule has 2 N–H and O–H groups in total. The van der Waals surface area contributed by atoms with Crippen molar-refractivity contribution in [1.82, 2.24) is 0 Å². The molecule has 0 aliphatic heterocycles. The minimum Gasteiger partial charge on any atom is -0.481 e. The molecule has 2 rings (SSSR count). The molecule has 1 aliphatic carbocycles. The molecule has 1 saturated carbocycles. The fourth-order valence-corrected chi connectivity index (χ4v) is 4.54. The van der Waals surface area contributed by atoms with Crippen LogP contribution in [0.3, 0.4) is 0 Å². The Bertz CT molecular complexity index is 703. The first-order chi connectivity index (χ1) is 12.2. The third-order valence-electron chi connectivity index (χ3n) is 5.19. The molecule has 1 fully saturated rings. The van der Waals surface area contributed by atoms with E-state index in [1.54, 1.807) is 31.4 Å². The van der Waals surface area contributed by atoms with E-state index in [0.717, 1.165) is 37.7 Å². The van der Waals surface area contributed by atoms with Gasteiger partial charge in [-0.1, -0.05) is 36.9 Å². The summed E-state index contributed by atoms with van der Waals surface area (Å²) < 4.78 is 11.4. The van der Waals surface area contributed by atoms with Crippen LogP contribution in [0.4, 0.5) is 5.69 Å². The lowest BCUT2D eigenvalue weighted by atomic mass is 9.67. The SMILES string of the molecule is CS(=O)Cc1ccc(Cl)c(NC(=O)C(C)(CC(=O)O)C2CCCCC2)c1. The predicted octanol–water partition coefficient (Wildman–Crippen LogP) is 4.22. The van der Waals surface area contributed by atoms with Crippen molar-refractivity contribution in [3.05, 3.63) is 28.8 Å². The molecule has 0 heterocycles. The second-order valence-corrected chi connectivity index (χ2v) is 9.15. The molecule has 144 valence electrons. The third kappa shape index (κ3) is 5.30. The molecule has 26 heavy (non-hydrogen) atoms. The molecule has 0 spiro atoms. The lowest BCUT2D eigenvalue weighted by Crippen LogP contribution is -2.42. The summed E-state index contributed by atoms with van der Waals surface area (Å²) in [5, 5.41) is 12.6. The predicted molar refractivity (Wildman–Crippen MR) is 105 cm³/mol. The van der Waals surface area contributed by atoms with Crippen LogP contribution < -0.4 is 5.32 Å². The number of hydrogen-bond donors (Lipinski definition) is 2. The highest BCUT2D eigenvalue weighted by molar-refractivity contribution is 7.83. The second kappa shape index (κ2) is 9.00. The Labute approximate surface area is 162 Å². The van der Waals surface area contributed by atoms with E-state index in [1.807, 2.05) is 0 Å². The quantitative estimate of drug-likeness (QED) is 0.719. The summed E-state index contributed by atoms with van der Waals surface area (Å²) in [6, 6.07) is 5.15. The summed E-state index contributed by atoms with van der Waals surface area (Å²) in [7, 11) is -1.01. The number of anilines is 1. The molecule has 7 heteroatoms. The third-order valence-corrected chi connectivity index (χ3v) is 6.26. The van der Waals surface area contributed by atoms with Gasteiger partial charge in [-0.3, -0.25) is 13.8 Å². The van der Waals surface area contributed by atoms with Gasteiger partial charge in [0.25, 0.3) is 0 Å². The molecular weight excluding hydrogens is 374 g/mol. The van der Waals surface area contributed by atoms with Gasteiger partial charge in [0.2, 0.25) is 5.91 Å². The number of carboxylic acid groups (broad SMARTS) is 1. The van der Waals surface area contributed by atoms with Crippen LogP contribution >= 0.6 is 11.6 Å². The molecule has 2 atom stereocenters. The van der Waals surface area contributed by atoms with Gasteiger partial charge in [0, 0.05) is 22.8 Å². The zero-order valence-corrected chi connectivity index (χ0v) is 16.8. The van der Waals surface area contributed by atoms with Gasteiger partial charge < -0.3 is 10.4 Å². The van der Waals surface area contributed by atoms with Crippen molar-refractivity contribution < 1.29 is 18.9 Å². The molecule has 1 aromatic carbocycles. The lowest BCUT2D eigenvalue weighted by Gasteiger charge is -2.37. The normalized spacial score (nSPS) is 18.7. The highest BCUT2D eigenvalue weighted by atomic mass is 35.5. The zero-order chi connectivity index (χ0) is 19.3. The van der Waals surface area contributed by atoms with Gasteiger partial charge in [0.05, 0.1) is 22.5 Å². The topological polar surface area (TPSA) is 83.5 Å². The standard InChI is InChI=1S/C19H26ClNO4S/c1-19(11-17(22)23,14-6-4-3-5-7-14)18(24)21-16-10-13(12-26(2)25)8-9-15(16)20/h8-10,14H,3-7,11-12H2,1-2H3,(H,21,24)(H,22,23). The summed E-state index contributed by atoms with van der Waals surface area (Å²) in [5.74, 6) is -0.884. The number of nitrogens with one attached hydrogen (secondary N) is 1. The van der Waals surface area contributed by atoms with Crippen LogP contribution in [0.2, 0.25) is 5.02 Å². The lowest BCUT2D eigenvalue weighted by molar-refractivity contribution is -0.145. The van der Waals surface area contributed by atoms with Gasteiger partial charge in [-0.05, 0) is 43.4 Å². The molecule has 5 nitrogen and oxygen atoms in total. The van der Waals surface area contributed by atoms with Crippen molar-refractivity contribution in [1.29, 1.82) is 0 Å². The summed E-state index contributed by atoms with van der Waals surface area (Å²) in [5.41, 5.74) is 0.259. The van der Waals surface area contributed by atoms with E-state index in [1.165, 1.54) is 0 Å². The van der Waals surface area contributed by atoms with Crippen LogP contribution in [-0.4, -0.2) is 27.4 Å². The molecular formula is C19H26ClNO4S. The maximum absolute atomic E-state index is 13.1. The second-order valence-electron chi connectivity index (χ2n) is 7.31. The number of halogens is 1. The van der Waals surface area contributed by atoms with E-state index in [-0.39, 0.29) is 18.2 Å². The Morgan fingerprint density at radius 2 is 1.96 bits per heavy atom. The van der Waals surface area contributed by atoms with Crippen molar-refractivity contribution in [2.45, 2.75) is 51.2 Å². The average molecular weight is 400 g/mol. The molecule has 0 bridgehead atoms. The number of carbonyl (C=O) groups excluding carboxylic acids is 1. The fourth-order valence-electron chi connectivity index (χ4n) is 3.72. The number of aliphatic carboxylic acids is 1. The minimum atomic E-state index is -1.01. The largest absolute Gasteiger partial charge is 0.481 e. The van der Waals surface area contributed by atoms with Gasteiger partial charge >= 0.3 is 5.97 Å². The number of carbonyl (C=O) groups is 2. The molecule has 1 amide bonds. The van der Waals surface area contributed by atoms with Crippen molar-refractivity contribution >= 4 is 40.0 Å². The Morgan fingerprint density at radius 1 is 1.31 bits per heavy atom. The van der Waals surface area contributed by atoms with Crippen molar-refractivity contribution in [3.63, 3.8) is 0 Å². The van der Waals surface area contributed by atoms with E-state index in [2.05, 4.69) is 5.32 Å². The molecule has 1 aliphatic rings. The van der Waals surface area contributed by atoms with Crippen LogP contribution in [0, 0.1) is 11.3 Å². The molecule has 0 saturated heterocycles. The zero-order valence-electron chi connectivity index (χ0n) is 15.2. The first-order valence-corrected chi connectivity index (χ1v) is 10.9. The molecule has 2 unspecified atom stereocenters.